The van der Waals surface area contributed by atoms with E-state index in [1.54, 1.807) is 42.6 Å². The molecule has 0 atom stereocenters. The van der Waals surface area contributed by atoms with Crippen LogP contribution in [0.4, 0.5) is 5.82 Å². The maximum Gasteiger partial charge on any atom is 0.336 e. The second-order valence-electron chi connectivity index (χ2n) is 7.88. The van der Waals surface area contributed by atoms with E-state index in [0.29, 0.717) is 62.1 Å². The number of fused-ring (bicyclic) bond motifs is 1. The van der Waals surface area contributed by atoms with Crippen LogP contribution in [0.1, 0.15) is 11.1 Å². The molecule has 0 aliphatic heterocycles. The lowest BCUT2D eigenvalue weighted by Gasteiger charge is -2.12. The van der Waals surface area contributed by atoms with Gasteiger partial charge < -0.3 is 28.8 Å². The molecule has 1 aromatic carbocycles. The van der Waals surface area contributed by atoms with E-state index in [1.807, 2.05) is 0 Å². The van der Waals surface area contributed by atoms with E-state index in [4.69, 9.17) is 28.8 Å². The molecule has 0 unspecified atom stereocenters. The van der Waals surface area contributed by atoms with Gasteiger partial charge in [-0.3, -0.25) is 0 Å². The summed E-state index contributed by atoms with van der Waals surface area (Å²) in [6.45, 7) is 0.0500. The summed E-state index contributed by atoms with van der Waals surface area (Å²) < 4.78 is 27.4. The fourth-order valence-electron chi connectivity index (χ4n) is 3.98. The molecule has 0 amide bonds. The van der Waals surface area contributed by atoms with Gasteiger partial charge in [0.1, 0.15) is 23.7 Å². The molecule has 0 fully saturated rings. The van der Waals surface area contributed by atoms with Crippen LogP contribution in [0.5, 0.6) is 17.4 Å². The molecule has 0 saturated heterocycles. The number of nitrogen functional groups attached to an aromatic ring is 1. The van der Waals surface area contributed by atoms with Crippen molar-refractivity contribution in [1.82, 2.24) is 9.97 Å². The van der Waals surface area contributed by atoms with Gasteiger partial charge in [0.05, 0.1) is 32.1 Å². The molecule has 0 aliphatic carbocycles. The van der Waals surface area contributed by atoms with Crippen molar-refractivity contribution in [2.24, 2.45) is 0 Å². The molecule has 0 spiro atoms. The number of anilines is 1. The van der Waals surface area contributed by atoms with Gasteiger partial charge in [-0.2, -0.15) is 5.26 Å². The maximum atomic E-state index is 12.1. The Bertz CT molecular complexity index is 1690. The van der Waals surface area contributed by atoms with E-state index >= 15 is 0 Å². The minimum absolute atomic E-state index is 0.0500. The highest BCUT2D eigenvalue weighted by Gasteiger charge is 2.18. The summed E-state index contributed by atoms with van der Waals surface area (Å²) in [5.74, 6) is 1.92. The number of hydrogen-bond donors (Lipinski definition) is 1. The second kappa shape index (κ2) is 9.75. The zero-order valence-corrected chi connectivity index (χ0v) is 19.8. The summed E-state index contributed by atoms with van der Waals surface area (Å²) in [7, 11) is 3.03. The molecule has 0 saturated carbocycles. The first-order valence-electron chi connectivity index (χ1n) is 11.0. The Morgan fingerprint density at radius 1 is 1.08 bits per heavy atom. The van der Waals surface area contributed by atoms with Crippen molar-refractivity contribution >= 4 is 16.8 Å². The SMILES string of the molecule is COc1cc2oc(=O)cc(COc3ccc(-c4c(C#N)cc(N)nc4-c4ccco4)cn3)c2cc1OC. The molecule has 0 bridgehead atoms. The molecule has 37 heavy (non-hydrogen) atoms. The molecule has 4 aromatic heterocycles. The predicted molar refractivity (Wildman–Crippen MR) is 134 cm³/mol. The largest absolute Gasteiger partial charge is 0.493 e. The monoisotopic (exact) mass is 496 g/mol. The summed E-state index contributed by atoms with van der Waals surface area (Å²) in [5.41, 5.74) is 8.26. The van der Waals surface area contributed by atoms with Crippen molar-refractivity contribution in [2.75, 3.05) is 20.0 Å². The number of rotatable bonds is 7. The first kappa shape index (κ1) is 23.4. The summed E-state index contributed by atoms with van der Waals surface area (Å²) in [6, 6.07) is 15.2. The average Bonchev–Trinajstić information content (AvgIpc) is 3.46. The van der Waals surface area contributed by atoms with Crippen LogP contribution in [-0.4, -0.2) is 24.2 Å². The van der Waals surface area contributed by atoms with E-state index in [2.05, 4.69) is 16.0 Å². The summed E-state index contributed by atoms with van der Waals surface area (Å²) in [5, 5.41) is 10.4. The highest BCUT2D eigenvalue weighted by Crippen LogP contribution is 2.36. The number of furan rings is 1. The van der Waals surface area contributed by atoms with Crippen LogP contribution in [0.15, 0.2) is 74.6 Å². The van der Waals surface area contributed by atoms with Gasteiger partial charge in [0.15, 0.2) is 17.3 Å². The van der Waals surface area contributed by atoms with E-state index in [0.717, 1.165) is 0 Å². The Hall–Kier alpha value is -5.30. The van der Waals surface area contributed by atoms with E-state index in [1.165, 1.54) is 32.6 Å². The topological polar surface area (TPSA) is 147 Å². The molecule has 5 rings (SSSR count). The fourth-order valence-corrected chi connectivity index (χ4v) is 3.98. The fraction of sp³-hybridized carbons (Fsp3) is 0.111. The Balaban J connectivity index is 1.46. The van der Waals surface area contributed by atoms with Crippen molar-refractivity contribution in [3.8, 4) is 46.0 Å². The highest BCUT2D eigenvalue weighted by molar-refractivity contribution is 5.85. The Morgan fingerprint density at radius 3 is 2.57 bits per heavy atom. The van der Waals surface area contributed by atoms with Crippen LogP contribution in [0, 0.1) is 11.3 Å². The normalized spacial score (nSPS) is 10.7. The molecule has 10 heteroatoms. The number of nitrogens with zero attached hydrogens (tertiary/aromatic N) is 3. The molecule has 10 nitrogen and oxygen atoms in total. The van der Waals surface area contributed by atoms with Crippen LogP contribution in [-0.2, 0) is 6.61 Å². The summed E-state index contributed by atoms with van der Waals surface area (Å²) in [4.78, 5) is 20.9. The molecule has 5 aromatic rings. The number of hydrogen-bond acceptors (Lipinski definition) is 10. The van der Waals surface area contributed by atoms with Crippen molar-refractivity contribution in [3.05, 3.63) is 82.5 Å². The highest BCUT2D eigenvalue weighted by atomic mass is 16.5. The zero-order valence-electron chi connectivity index (χ0n) is 19.8. The van der Waals surface area contributed by atoms with Crippen LogP contribution < -0.4 is 25.6 Å². The van der Waals surface area contributed by atoms with Crippen molar-refractivity contribution < 1.29 is 23.0 Å². The number of pyridine rings is 2. The number of nitriles is 1. The lowest BCUT2D eigenvalue weighted by atomic mass is 9.99. The van der Waals surface area contributed by atoms with Gasteiger partial charge in [-0.25, -0.2) is 14.8 Å². The summed E-state index contributed by atoms with van der Waals surface area (Å²) in [6.07, 6.45) is 3.09. The summed E-state index contributed by atoms with van der Waals surface area (Å²) >= 11 is 0. The smallest absolute Gasteiger partial charge is 0.336 e. The first-order valence-corrected chi connectivity index (χ1v) is 11.0. The molecule has 184 valence electrons. The third-order valence-electron chi connectivity index (χ3n) is 5.65. The molecular formula is C27H20N4O6. The molecule has 4 heterocycles. The number of aromatic nitrogens is 2. The van der Waals surface area contributed by atoms with Gasteiger partial charge in [0.25, 0.3) is 0 Å². The van der Waals surface area contributed by atoms with Gasteiger partial charge in [-0.1, -0.05) is 0 Å². The molecular weight excluding hydrogens is 476 g/mol. The third kappa shape index (κ3) is 4.53. The van der Waals surface area contributed by atoms with E-state index < -0.39 is 5.63 Å². The Morgan fingerprint density at radius 2 is 1.89 bits per heavy atom. The average molecular weight is 496 g/mol. The minimum atomic E-state index is -0.521. The van der Waals surface area contributed by atoms with Crippen molar-refractivity contribution in [1.29, 1.82) is 5.26 Å². The third-order valence-corrected chi connectivity index (χ3v) is 5.65. The Labute approximate surface area is 210 Å². The lowest BCUT2D eigenvalue weighted by Crippen LogP contribution is -2.05. The van der Waals surface area contributed by atoms with Crippen LogP contribution >= 0.6 is 0 Å². The quantitative estimate of drug-likeness (QED) is 0.318. The number of benzene rings is 1. The second-order valence-corrected chi connectivity index (χ2v) is 7.88. The van der Waals surface area contributed by atoms with E-state index in [-0.39, 0.29) is 12.4 Å². The lowest BCUT2D eigenvalue weighted by molar-refractivity contribution is 0.294. The van der Waals surface area contributed by atoms with Gasteiger partial charge in [0, 0.05) is 46.5 Å². The maximum absolute atomic E-state index is 12.1. The zero-order chi connectivity index (χ0) is 25.9. The van der Waals surface area contributed by atoms with Gasteiger partial charge in [-0.15, -0.1) is 0 Å². The molecule has 0 aliphatic rings. The number of nitrogens with two attached hydrogens (primary N) is 1. The van der Waals surface area contributed by atoms with E-state index in [9.17, 15) is 10.1 Å². The Kier molecular flexibility index (Phi) is 6.18. The standard InChI is InChI=1S/C27H20N4O6/c1-33-21-10-18-17(9-25(32)37-20(18)11-22(21)34-2)14-36-24-6-5-15(13-30-24)26-16(12-28)8-23(29)31-27(26)19-4-3-7-35-19/h3-11,13H,14H2,1-2H3,(H2,29,31). The molecule has 2 N–H and O–H groups in total. The van der Waals surface area contributed by atoms with Gasteiger partial charge in [0.2, 0.25) is 5.88 Å². The van der Waals surface area contributed by atoms with Gasteiger partial charge in [-0.05, 0) is 30.3 Å². The van der Waals surface area contributed by atoms with Crippen LogP contribution in [0.2, 0.25) is 0 Å². The van der Waals surface area contributed by atoms with Crippen LogP contribution in [0.25, 0.3) is 33.6 Å². The van der Waals surface area contributed by atoms with Crippen LogP contribution in [0.3, 0.4) is 0 Å². The van der Waals surface area contributed by atoms with Crippen molar-refractivity contribution in [3.63, 3.8) is 0 Å². The van der Waals surface area contributed by atoms with Gasteiger partial charge >= 0.3 is 5.63 Å². The number of ether oxygens (including phenoxy) is 3. The van der Waals surface area contributed by atoms with Crippen molar-refractivity contribution in [2.45, 2.75) is 6.61 Å². The predicted octanol–water partition coefficient (Wildman–Crippen LogP) is 4.56. The number of methoxy groups -OCH3 is 2. The first-order chi connectivity index (χ1) is 18.0. The molecule has 0 radical (unpaired) electrons. The minimum Gasteiger partial charge on any atom is -0.493 e.